The van der Waals surface area contributed by atoms with Crippen molar-refractivity contribution in [1.82, 2.24) is 15.1 Å². The maximum Gasteiger partial charge on any atom is 0.490 e. The molecule has 1 unspecified atom stereocenters. The third kappa shape index (κ3) is 7.43. The van der Waals surface area contributed by atoms with Gasteiger partial charge in [-0.2, -0.15) is 18.3 Å². The first-order chi connectivity index (χ1) is 15.5. The molecule has 2 aromatic rings. The number of aliphatic carboxylic acids is 1. The normalized spacial score (nSPS) is 20.7. The van der Waals surface area contributed by atoms with Gasteiger partial charge in [0.05, 0.1) is 11.3 Å². The zero-order chi connectivity index (χ0) is 24.1. The molecule has 0 saturated carbocycles. The molecule has 2 aliphatic heterocycles. The molecule has 9 heteroatoms. The molecule has 2 N–H and O–H groups in total. The van der Waals surface area contributed by atoms with Crippen LogP contribution in [0.5, 0.6) is 0 Å². The van der Waals surface area contributed by atoms with E-state index in [1.807, 2.05) is 6.07 Å². The van der Waals surface area contributed by atoms with E-state index in [4.69, 9.17) is 14.6 Å². The minimum atomic E-state index is -5.08. The van der Waals surface area contributed by atoms with Crippen molar-refractivity contribution in [1.29, 1.82) is 0 Å². The van der Waals surface area contributed by atoms with Gasteiger partial charge in [0, 0.05) is 43.9 Å². The number of hydrogen-bond donors (Lipinski definition) is 2. The molecule has 1 aromatic heterocycles. The van der Waals surface area contributed by atoms with E-state index in [0.717, 1.165) is 44.1 Å². The molecule has 0 bridgehead atoms. The predicted molar refractivity (Wildman–Crippen MR) is 119 cm³/mol. The lowest BCUT2D eigenvalue weighted by Gasteiger charge is -2.38. The van der Waals surface area contributed by atoms with Crippen LogP contribution in [-0.2, 0) is 22.5 Å². The average molecular weight is 466 g/mol. The Labute approximate surface area is 191 Å². The van der Waals surface area contributed by atoms with Crippen LogP contribution in [0.4, 0.5) is 13.2 Å². The zero-order valence-electron chi connectivity index (χ0n) is 18.9. The maximum absolute atomic E-state index is 10.6. The van der Waals surface area contributed by atoms with Crippen LogP contribution in [0.15, 0.2) is 30.3 Å². The molecule has 0 spiro atoms. The van der Waals surface area contributed by atoms with Crippen molar-refractivity contribution in [3.8, 4) is 0 Å². The minimum Gasteiger partial charge on any atom is -0.475 e. The van der Waals surface area contributed by atoms with Crippen LogP contribution in [-0.4, -0.2) is 57.6 Å². The SMILES string of the molecule is CC1(C)CC(CN2CCc3[nH]nc(/C=C/c4ccccc4)c3C2)CCO1.O=C(O)C(F)(F)F. The second kappa shape index (κ2) is 10.5. The number of aromatic amines is 1. The molecule has 1 saturated heterocycles. The first-order valence-corrected chi connectivity index (χ1v) is 11.0. The second-order valence-electron chi connectivity index (χ2n) is 9.06. The van der Waals surface area contributed by atoms with Gasteiger partial charge in [-0.3, -0.25) is 10.00 Å². The molecule has 180 valence electrons. The van der Waals surface area contributed by atoms with Crippen molar-refractivity contribution in [2.75, 3.05) is 19.7 Å². The van der Waals surface area contributed by atoms with Gasteiger partial charge in [-0.05, 0) is 44.2 Å². The molecule has 33 heavy (non-hydrogen) atoms. The third-order valence-electron chi connectivity index (χ3n) is 5.84. The molecular formula is C24H30F3N3O3. The number of fused-ring (bicyclic) bond motifs is 1. The number of ether oxygens (including phenoxy) is 1. The number of carbonyl (C=O) groups is 1. The highest BCUT2D eigenvalue weighted by atomic mass is 19.4. The number of nitrogens with one attached hydrogen (secondary N) is 1. The summed E-state index contributed by atoms with van der Waals surface area (Å²) in [5, 5.41) is 14.9. The van der Waals surface area contributed by atoms with Gasteiger partial charge in [-0.25, -0.2) is 4.79 Å². The molecule has 0 radical (unpaired) electrons. The smallest absolute Gasteiger partial charge is 0.475 e. The Bertz CT molecular complexity index is 955. The Morgan fingerprint density at radius 2 is 2.00 bits per heavy atom. The quantitative estimate of drug-likeness (QED) is 0.680. The fraction of sp³-hybridized carbons (Fsp3) is 0.500. The van der Waals surface area contributed by atoms with Crippen molar-refractivity contribution in [3.05, 3.63) is 52.8 Å². The summed E-state index contributed by atoms with van der Waals surface area (Å²) in [5.41, 5.74) is 5.00. The van der Waals surface area contributed by atoms with Crippen LogP contribution in [0.25, 0.3) is 12.2 Å². The number of H-pyrrole nitrogens is 1. The number of halogens is 3. The van der Waals surface area contributed by atoms with E-state index in [1.54, 1.807) is 0 Å². The number of nitrogens with zero attached hydrogens (tertiary/aromatic N) is 2. The van der Waals surface area contributed by atoms with Gasteiger partial charge in [0.1, 0.15) is 0 Å². The molecule has 1 aromatic carbocycles. The van der Waals surface area contributed by atoms with Crippen molar-refractivity contribution >= 4 is 18.1 Å². The molecule has 2 aliphatic rings. The number of aromatic nitrogens is 2. The zero-order valence-corrected chi connectivity index (χ0v) is 18.9. The number of carboxylic acids is 1. The van der Waals surface area contributed by atoms with Gasteiger partial charge in [0.25, 0.3) is 0 Å². The Morgan fingerprint density at radius 3 is 2.64 bits per heavy atom. The standard InChI is InChI=1S/C22H29N3O.C2HF3O2/c1-22(2)14-18(11-13-26-22)15-25-12-10-21-19(16-25)20(23-24-21)9-8-17-6-4-3-5-7-17;3-2(4,5)1(6)7/h3-9,18H,10-16H2,1-2H3,(H,23,24);(H,6,7)/b9-8+;. The number of hydrogen-bond acceptors (Lipinski definition) is 4. The van der Waals surface area contributed by atoms with E-state index >= 15 is 0 Å². The summed E-state index contributed by atoms with van der Waals surface area (Å²) in [5.74, 6) is -2.02. The Morgan fingerprint density at radius 1 is 1.30 bits per heavy atom. The van der Waals surface area contributed by atoms with Crippen LogP contribution in [0.2, 0.25) is 0 Å². The molecule has 1 fully saturated rings. The fourth-order valence-electron chi connectivity index (χ4n) is 4.29. The van der Waals surface area contributed by atoms with Crippen molar-refractivity contribution < 1.29 is 27.8 Å². The molecule has 6 nitrogen and oxygen atoms in total. The molecule has 3 heterocycles. The first kappa shape index (κ1) is 25.0. The number of benzene rings is 1. The Balaban J connectivity index is 0.000000383. The van der Waals surface area contributed by atoms with Crippen molar-refractivity contribution in [3.63, 3.8) is 0 Å². The molecule has 0 amide bonds. The van der Waals surface area contributed by atoms with Crippen molar-refractivity contribution in [2.45, 2.75) is 51.4 Å². The van der Waals surface area contributed by atoms with E-state index in [0.29, 0.717) is 0 Å². The summed E-state index contributed by atoms with van der Waals surface area (Å²) in [6, 6.07) is 10.4. The molecule has 4 rings (SSSR count). The van der Waals surface area contributed by atoms with Gasteiger partial charge in [-0.15, -0.1) is 0 Å². The van der Waals surface area contributed by atoms with E-state index in [9.17, 15) is 13.2 Å². The second-order valence-corrected chi connectivity index (χ2v) is 9.06. The third-order valence-corrected chi connectivity index (χ3v) is 5.84. The summed E-state index contributed by atoms with van der Waals surface area (Å²) < 4.78 is 37.6. The highest BCUT2D eigenvalue weighted by molar-refractivity contribution is 5.73. The molecule has 1 atom stereocenters. The summed E-state index contributed by atoms with van der Waals surface area (Å²) >= 11 is 0. The van der Waals surface area contributed by atoms with Crippen LogP contribution in [0.3, 0.4) is 0 Å². The molecular weight excluding hydrogens is 435 g/mol. The topological polar surface area (TPSA) is 78.5 Å². The van der Waals surface area contributed by atoms with Gasteiger partial charge in [0.2, 0.25) is 0 Å². The van der Waals surface area contributed by atoms with Crippen LogP contribution in [0.1, 0.15) is 49.2 Å². The Kier molecular flexibility index (Phi) is 7.97. The highest BCUT2D eigenvalue weighted by Crippen LogP contribution is 2.31. The minimum absolute atomic E-state index is 0.0308. The van der Waals surface area contributed by atoms with Gasteiger partial charge in [-0.1, -0.05) is 36.4 Å². The predicted octanol–water partition coefficient (Wildman–Crippen LogP) is 4.78. The van der Waals surface area contributed by atoms with Crippen molar-refractivity contribution in [2.24, 2.45) is 5.92 Å². The first-order valence-electron chi connectivity index (χ1n) is 11.0. The van der Waals surface area contributed by atoms with E-state index in [-0.39, 0.29) is 5.60 Å². The van der Waals surface area contributed by atoms with Crippen LogP contribution < -0.4 is 0 Å². The van der Waals surface area contributed by atoms with Gasteiger partial charge < -0.3 is 9.84 Å². The lowest BCUT2D eigenvalue weighted by Crippen LogP contribution is -2.41. The largest absolute Gasteiger partial charge is 0.490 e. The summed E-state index contributed by atoms with van der Waals surface area (Å²) in [4.78, 5) is 11.5. The fourth-order valence-corrected chi connectivity index (χ4v) is 4.29. The van der Waals surface area contributed by atoms with E-state index in [2.05, 4.69) is 65.4 Å². The Hall–Kier alpha value is -2.65. The monoisotopic (exact) mass is 465 g/mol. The lowest BCUT2D eigenvalue weighted by molar-refractivity contribution is -0.192. The van der Waals surface area contributed by atoms with Gasteiger partial charge in [0.15, 0.2) is 0 Å². The number of carboxylic acid groups (broad SMARTS) is 1. The summed E-state index contributed by atoms with van der Waals surface area (Å²) in [6.45, 7) is 8.62. The van der Waals surface area contributed by atoms with E-state index in [1.165, 1.54) is 29.8 Å². The lowest BCUT2D eigenvalue weighted by atomic mass is 9.87. The van der Waals surface area contributed by atoms with E-state index < -0.39 is 12.1 Å². The summed E-state index contributed by atoms with van der Waals surface area (Å²) in [6.07, 6.45) is 2.61. The summed E-state index contributed by atoms with van der Waals surface area (Å²) in [7, 11) is 0. The molecule has 0 aliphatic carbocycles. The van der Waals surface area contributed by atoms with Gasteiger partial charge >= 0.3 is 12.1 Å². The number of rotatable bonds is 4. The maximum atomic E-state index is 10.6. The number of alkyl halides is 3. The van der Waals surface area contributed by atoms with Crippen LogP contribution in [0, 0.1) is 5.92 Å². The van der Waals surface area contributed by atoms with Crippen LogP contribution >= 0.6 is 0 Å². The average Bonchev–Trinajstić information content (AvgIpc) is 3.14. The highest BCUT2D eigenvalue weighted by Gasteiger charge is 2.38.